The van der Waals surface area contributed by atoms with E-state index in [1.165, 1.54) is 0 Å². The summed E-state index contributed by atoms with van der Waals surface area (Å²) in [7, 11) is -16.8. The second kappa shape index (κ2) is 8.58. The second-order valence-electron chi connectivity index (χ2n) is 6.88. The highest BCUT2D eigenvalue weighted by molar-refractivity contribution is 7.66. The maximum absolute atomic E-state index is 11.9. The maximum atomic E-state index is 11.9. The van der Waals surface area contributed by atoms with Gasteiger partial charge in [0.25, 0.3) is 5.56 Å². The number of ether oxygens (including phenoxy) is 1. The number of hydrogen-bond acceptors (Lipinski definition) is 13. The van der Waals surface area contributed by atoms with Crippen LogP contribution in [-0.2, 0) is 31.6 Å². The first-order chi connectivity index (χ1) is 14.9. The van der Waals surface area contributed by atoms with Crippen molar-refractivity contribution in [1.29, 1.82) is 0 Å². The normalized spacial score (nSPS) is 29.7. The van der Waals surface area contributed by atoms with E-state index in [-0.39, 0.29) is 22.9 Å². The third-order valence-corrected chi connectivity index (χ3v) is 8.06. The number of nitrogen functional groups attached to an aromatic ring is 1. The Morgan fingerprint density at radius 1 is 1.12 bits per heavy atom. The fourth-order valence-corrected chi connectivity index (χ4v) is 5.96. The van der Waals surface area contributed by atoms with Gasteiger partial charge in [-0.25, -0.2) is 18.7 Å². The minimum Gasteiger partial charge on any atom is -0.387 e. The fraction of sp³-hybridized carbons (Fsp3) is 0.545. The Kier molecular flexibility index (Phi) is 6.78. The van der Waals surface area contributed by atoms with Gasteiger partial charge >= 0.3 is 23.5 Å². The van der Waals surface area contributed by atoms with E-state index in [0.29, 0.717) is 0 Å². The minimum atomic E-state index is -5.74. The van der Waals surface area contributed by atoms with Gasteiger partial charge in [-0.3, -0.25) is 14.3 Å². The molecule has 3 heterocycles. The molecule has 0 bridgehead atoms. The number of aromatic amines is 2. The summed E-state index contributed by atoms with van der Waals surface area (Å²) in [4.78, 5) is 60.2. The maximum Gasteiger partial charge on any atom is 0.490 e. The molecule has 1 aliphatic rings. The lowest BCUT2D eigenvalue weighted by atomic mass is 9.92. The van der Waals surface area contributed by atoms with Gasteiger partial charge in [0.2, 0.25) is 5.95 Å². The summed E-state index contributed by atoms with van der Waals surface area (Å²) in [6, 6.07) is 0. The van der Waals surface area contributed by atoms with Crippen LogP contribution >= 0.6 is 23.5 Å². The van der Waals surface area contributed by atoms with E-state index in [1.54, 1.807) is 0 Å². The van der Waals surface area contributed by atoms with Crippen LogP contribution in [0.15, 0.2) is 4.79 Å². The van der Waals surface area contributed by atoms with Crippen LogP contribution in [0.5, 0.6) is 0 Å². The van der Waals surface area contributed by atoms with E-state index in [1.807, 2.05) is 0 Å². The van der Waals surface area contributed by atoms with Crippen molar-refractivity contribution < 1.29 is 61.4 Å². The lowest BCUT2D eigenvalue weighted by Crippen LogP contribution is -2.43. The van der Waals surface area contributed by atoms with E-state index >= 15 is 0 Å². The molecule has 6 atom stereocenters. The number of nitrogens with two attached hydrogens (primary N) is 1. The van der Waals surface area contributed by atoms with Gasteiger partial charge in [0.05, 0.1) is 6.61 Å². The minimum absolute atomic E-state index is 0.121. The van der Waals surface area contributed by atoms with Crippen LogP contribution in [0, 0.1) is 0 Å². The first-order valence-electron chi connectivity index (χ1n) is 8.50. The molecule has 0 amide bonds. The van der Waals surface area contributed by atoms with Crippen molar-refractivity contribution in [1.82, 2.24) is 19.9 Å². The van der Waals surface area contributed by atoms with Crippen molar-refractivity contribution in [3.05, 3.63) is 16.2 Å². The topological polar surface area (TPSA) is 310 Å². The van der Waals surface area contributed by atoms with Crippen molar-refractivity contribution in [2.75, 3.05) is 12.3 Å². The lowest BCUT2D eigenvalue weighted by molar-refractivity contribution is -0.0671. The molecule has 0 aliphatic carbocycles. The van der Waals surface area contributed by atoms with Crippen LogP contribution in [0.3, 0.4) is 0 Å². The van der Waals surface area contributed by atoms with Crippen LogP contribution < -0.4 is 11.3 Å². The van der Waals surface area contributed by atoms with Gasteiger partial charge in [0.1, 0.15) is 29.7 Å². The Bertz CT molecular complexity index is 1250. The van der Waals surface area contributed by atoms with Gasteiger partial charge in [-0.15, -0.1) is 0 Å². The molecule has 0 spiro atoms. The van der Waals surface area contributed by atoms with Gasteiger partial charge in [0.15, 0.2) is 11.2 Å². The summed E-state index contributed by atoms with van der Waals surface area (Å²) in [6.45, 7) is 0.0931. The quantitative estimate of drug-likeness (QED) is 0.166. The van der Waals surface area contributed by atoms with E-state index < -0.39 is 59.5 Å². The molecular formula is C11H18N5O14P3. The third-order valence-electron chi connectivity index (χ3n) is 4.26. The second-order valence-corrected chi connectivity index (χ2v) is 11.3. The Balaban J connectivity index is 1.75. The molecule has 1 saturated heterocycles. The molecule has 186 valence electrons. The van der Waals surface area contributed by atoms with Crippen LogP contribution in [-0.4, -0.2) is 74.1 Å². The van der Waals surface area contributed by atoms with Crippen molar-refractivity contribution in [2.24, 2.45) is 0 Å². The number of H-pyrrole nitrogens is 2. The SMILES string of the molecule is C[C@@]1(O)[C@H](O)[C@@H](COP(=O)(O)OP(=O)(O)OP(=O)(O)O)O[C@H]1c1nc2nc(N)[nH]c(=O)c2[nH]1. The molecular weight excluding hydrogens is 519 g/mol. The summed E-state index contributed by atoms with van der Waals surface area (Å²) >= 11 is 0. The van der Waals surface area contributed by atoms with E-state index in [2.05, 4.69) is 33.1 Å². The van der Waals surface area contributed by atoms with Gasteiger partial charge in [-0.05, 0) is 6.92 Å². The number of phosphoric ester groups is 1. The molecule has 3 rings (SSSR count). The molecule has 1 aliphatic heterocycles. The molecule has 10 N–H and O–H groups in total. The smallest absolute Gasteiger partial charge is 0.387 e. The number of imidazole rings is 1. The Labute approximate surface area is 182 Å². The van der Waals surface area contributed by atoms with Crippen LogP contribution in [0.1, 0.15) is 18.9 Å². The zero-order valence-corrected chi connectivity index (χ0v) is 18.9. The molecule has 2 unspecified atom stereocenters. The predicted octanol–water partition coefficient (Wildman–Crippen LogP) is -1.88. The number of phosphoric acid groups is 3. The lowest BCUT2D eigenvalue weighted by Gasteiger charge is -2.25. The fourth-order valence-electron chi connectivity index (χ4n) is 2.93. The molecule has 2 aromatic rings. The van der Waals surface area contributed by atoms with Gasteiger partial charge in [0, 0.05) is 0 Å². The molecule has 22 heteroatoms. The highest BCUT2D eigenvalue weighted by Gasteiger charge is 2.54. The van der Waals surface area contributed by atoms with E-state index in [9.17, 15) is 33.6 Å². The number of anilines is 1. The number of nitrogens with zero attached hydrogens (tertiary/aromatic N) is 2. The Hall–Kier alpha value is -1.56. The number of nitrogens with one attached hydrogen (secondary N) is 2. The van der Waals surface area contributed by atoms with Crippen molar-refractivity contribution in [3.63, 3.8) is 0 Å². The molecule has 0 saturated carbocycles. The van der Waals surface area contributed by atoms with Crippen LogP contribution in [0.4, 0.5) is 5.95 Å². The molecule has 0 aromatic carbocycles. The van der Waals surface area contributed by atoms with Crippen molar-refractivity contribution >= 4 is 40.6 Å². The Morgan fingerprint density at radius 2 is 1.76 bits per heavy atom. The van der Waals surface area contributed by atoms with Crippen LogP contribution in [0.25, 0.3) is 11.2 Å². The standard InChI is InChI=1S/C11H18N5O14P3/c1-11(19)5(17)3(2-27-32(23,24)30-33(25,26)29-31(20,21)22)28-6(11)8-13-4-7(14-8)15-10(12)16-9(4)18/h3,5-6,17,19H,2H2,1H3,(H,23,24)(H,25,26)(H2,20,21,22)(H4,12,13,14,15,16,18)/t3-,5-,6+,11-/m1/s1. The van der Waals surface area contributed by atoms with Gasteiger partial charge < -0.3 is 45.2 Å². The largest absolute Gasteiger partial charge is 0.490 e. The zero-order chi connectivity index (χ0) is 25.0. The first-order valence-corrected chi connectivity index (χ1v) is 13.0. The number of hydrogen-bond donors (Lipinski definition) is 9. The number of fused-ring (bicyclic) bond motifs is 1. The van der Waals surface area contributed by atoms with Crippen LogP contribution in [0.2, 0.25) is 0 Å². The Morgan fingerprint density at radius 3 is 2.36 bits per heavy atom. The molecule has 33 heavy (non-hydrogen) atoms. The predicted molar refractivity (Wildman–Crippen MR) is 103 cm³/mol. The monoisotopic (exact) mass is 537 g/mol. The highest BCUT2D eigenvalue weighted by atomic mass is 31.3. The first kappa shape index (κ1) is 26.1. The average molecular weight is 537 g/mol. The molecule has 0 radical (unpaired) electrons. The molecule has 2 aromatic heterocycles. The number of aromatic nitrogens is 4. The van der Waals surface area contributed by atoms with E-state index in [0.717, 1.165) is 6.92 Å². The number of aliphatic hydroxyl groups excluding tert-OH is 1. The summed E-state index contributed by atoms with van der Waals surface area (Å²) in [5.74, 6) is -0.406. The average Bonchev–Trinajstić information content (AvgIpc) is 3.10. The number of rotatable bonds is 8. The highest BCUT2D eigenvalue weighted by Crippen LogP contribution is 2.66. The third kappa shape index (κ3) is 5.93. The van der Waals surface area contributed by atoms with Crippen molar-refractivity contribution in [2.45, 2.75) is 30.8 Å². The summed E-state index contributed by atoms with van der Waals surface area (Å²) in [5.41, 5.74) is 2.40. The number of aliphatic hydroxyl groups is 2. The summed E-state index contributed by atoms with van der Waals surface area (Å²) in [6.07, 6.45) is -4.80. The molecule has 1 fully saturated rings. The van der Waals surface area contributed by atoms with Gasteiger partial charge in [-0.2, -0.15) is 13.6 Å². The molecule has 19 nitrogen and oxygen atoms in total. The zero-order valence-electron chi connectivity index (χ0n) is 16.2. The summed E-state index contributed by atoms with van der Waals surface area (Å²) in [5, 5.41) is 21.0. The van der Waals surface area contributed by atoms with Gasteiger partial charge in [-0.1, -0.05) is 0 Å². The van der Waals surface area contributed by atoms with E-state index in [4.69, 9.17) is 25.2 Å². The van der Waals surface area contributed by atoms with Crippen molar-refractivity contribution in [3.8, 4) is 0 Å². The summed E-state index contributed by atoms with van der Waals surface area (Å²) < 4.78 is 50.8.